The Labute approximate surface area is 166 Å². The van der Waals surface area contributed by atoms with Crippen LogP contribution in [0.1, 0.15) is 29.7 Å². The average Bonchev–Trinajstić information content (AvgIpc) is 2.69. The molecular weight excluding hydrogens is 358 g/mol. The number of hydrogen-bond donors (Lipinski definition) is 2. The summed E-state index contributed by atoms with van der Waals surface area (Å²) in [6.45, 7) is 5.65. The van der Waals surface area contributed by atoms with Crippen LogP contribution >= 0.6 is 12.4 Å². The van der Waals surface area contributed by atoms with Gasteiger partial charge < -0.3 is 10.3 Å². The van der Waals surface area contributed by atoms with Gasteiger partial charge in [0.25, 0.3) is 5.56 Å². The molecule has 1 saturated heterocycles. The van der Waals surface area contributed by atoms with E-state index in [1.165, 1.54) is 11.1 Å². The van der Waals surface area contributed by atoms with E-state index in [1.807, 2.05) is 30.3 Å². The van der Waals surface area contributed by atoms with Crippen LogP contribution in [0.25, 0.3) is 10.9 Å². The molecule has 1 fully saturated rings. The molecule has 0 saturated carbocycles. The second kappa shape index (κ2) is 8.70. The van der Waals surface area contributed by atoms with Crippen molar-refractivity contribution < 1.29 is 0 Å². The topological polar surface area (TPSA) is 48.1 Å². The lowest BCUT2D eigenvalue weighted by molar-refractivity contribution is 0.153. The van der Waals surface area contributed by atoms with Gasteiger partial charge in [-0.15, -0.1) is 12.4 Å². The first-order valence-corrected chi connectivity index (χ1v) is 9.39. The van der Waals surface area contributed by atoms with Crippen LogP contribution in [-0.4, -0.2) is 29.5 Å². The number of aromatic nitrogens is 1. The normalized spacial score (nSPS) is 17.6. The van der Waals surface area contributed by atoms with Gasteiger partial charge in [0.1, 0.15) is 0 Å². The molecule has 0 radical (unpaired) electrons. The van der Waals surface area contributed by atoms with Crippen LogP contribution in [0.5, 0.6) is 0 Å². The zero-order valence-corrected chi connectivity index (χ0v) is 16.4. The highest BCUT2D eigenvalue weighted by molar-refractivity contribution is 5.85. The lowest BCUT2D eigenvalue weighted by Crippen LogP contribution is -2.46. The maximum Gasteiger partial charge on any atom is 0.252 e. The third kappa shape index (κ3) is 4.24. The zero-order valence-electron chi connectivity index (χ0n) is 15.6. The molecule has 4 rings (SSSR count). The van der Waals surface area contributed by atoms with Crippen LogP contribution in [0.4, 0.5) is 0 Å². The van der Waals surface area contributed by atoms with E-state index in [4.69, 9.17) is 0 Å². The number of nitrogens with zero attached hydrogens (tertiary/aromatic N) is 1. The summed E-state index contributed by atoms with van der Waals surface area (Å²) < 4.78 is 0. The average molecular weight is 384 g/mol. The Balaban J connectivity index is 0.00000210. The van der Waals surface area contributed by atoms with Crippen LogP contribution < -0.4 is 10.9 Å². The summed E-state index contributed by atoms with van der Waals surface area (Å²) in [5.74, 6) is 0. The standard InChI is InChI=1S/C22H25N3O.ClH/c1-2-16-7-9-17(10-8-16)21-14-23-11-12-25(21)15-19-13-18-5-3-4-6-20(18)24-22(19)26;/h3-10,13,21,23H,2,11-12,14-15H2,1H3,(H,24,26);1H. The van der Waals surface area contributed by atoms with E-state index in [2.05, 4.69) is 46.4 Å². The van der Waals surface area contributed by atoms with E-state index < -0.39 is 0 Å². The number of aryl methyl sites for hydroxylation is 1. The van der Waals surface area contributed by atoms with E-state index in [-0.39, 0.29) is 18.0 Å². The number of halogens is 1. The van der Waals surface area contributed by atoms with Gasteiger partial charge in [0, 0.05) is 43.3 Å². The molecule has 1 aromatic heterocycles. The number of piperazine rings is 1. The summed E-state index contributed by atoms with van der Waals surface area (Å²) >= 11 is 0. The molecule has 1 atom stereocenters. The smallest absolute Gasteiger partial charge is 0.252 e. The Morgan fingerprint density at radius 1 is 1.11 bits per heavy atom. The fraction of sp³-hybridized carbons (Fsp3) is 0.318. The Hall–Kier alpha value is -2.14. The Morgan fingerprint density at radius 2 is 1.89 bits per heavy atom. The lowest BCUT2D eigenvalue weighted by Gasteiger charge is -2.36. The van der Waals surface area contributed by atoms with Crippen molar-refractivity contribution in [1.82, 2.24) is 15.2 Å². The highest BCUT2D eigenvalue weighted by Crippen LogP contribution is 2.24. The first-order valence-electron chi connectivity index (χ1n) is 9.39. The van der Waals surface area contributed by atoms with E-state index in [0.29, 0.717) is 12.6 Å². The molecule has 142 valence electrons. The summed E-state index contributed by atoms with van der Waals surface area (Å²) in [5.41, 5.74) is 4.41. The van der Waals surface area contributed by atoms with E-state index in [1.54, 1.807) is 0 Å². The fourth-order valence-corrected chi connectivity index (χ4v) is 3.77. The molecule has 4 nitrogen and oxygen atoms in total. The van der Waals surface area contributed by atoms with E-state index in [9.17, 15) is 4.79 Å². The molecule has 0 bridgehead atoms. The van der Waals surface area contributed by atoms with Crippen molar-refractivity contribution >= 4 is 23.3 Å². The van der Waals surface area contributed by atoms with Gasteiger partial charge in [0.05, 0.1) is 0 Å². The number of pyridine rings is 1. The van der Waals surface area contributed by atoms with Crippen molar-refractivity contribution in [3.63, 3.8) is 0 Å². The zero-order chi connectivity index (χ0) is 17.9. The van der Waals surface area contributed by atoms with Crippen molar-refractivity contribution in [2.75, 3.05) is 19.6 Å². The largest absolute Gasteiger partial charge is 0.322 e. The molecule has 0 aliphatic carbocycles. The number of fused-ring (bicyclic) bond motifs is 1. The summed E-state index contributed by atoms with van der Waals surface area (Å²) in [6, 6.07) is 19.2. The third-order valence-corrected chi connectivity index (χ3v) is 5.33. The Morgan fingerprint density at radius 3 is 2.67 bits per heavy atom. The number of nitrogens with one attached hydrogen (secondary N) is 2. The molecule has 1 aliphatic heterocycles. The summed E-state index contributed by atoms with van der Waals surface area (Å²) in [7, 11) is 0. The van der Waals surface area contributed by atoms with Gasteiger partial charge in [-0.1, -0.05) is 49.4 Å². The van der Waals surface area contributed by atoms with Gasteiger partial charge in [-0.2, -0.15) is 0 Å². The summed E-state index contributed by atoms with van der Waals surface area (Å²) in [6.07, 6.45) is 1.05. The van der Waals surface area contributed by atoms with E-state index in [0.717, 1.165) is 42.5 Å². The second-order valence-electron chi connectivity index (χ2n) is 7.00. The quantitative estimate of drug-likeness (QED) is 0.722. The van der Waals surface area contributed by atoms with Gasteiger partial charge in [0.15, 0.2) is 0 Å². The van der Waals surface area contributed by atoms with Crippen LogP contribution in [0.15, 0.2) is 59.4 Å². The van der Waals surface area contributed by atoms with Gasteiger partial charge in [-0.3, -0.25) is 9.69 Å². The van der Waals surface area contributed by atoms with Gasteiger partial charge >= 0.3 is 0 Å². The number of rotatable bonds is 4. The first-order chi connectivity index (χ1) is 12.7. The highest BCUT2D eigenvalue weighted by Gasteiger charge is 2.24. The maximum absolute atomic E-state index is 12.5. The number of H-pyrrole nitrogens is 1. The minimum absolute atomic E-state index is 0. The van der Waals surface area contributed by atoms with Crippen molar-refractivity contribution in [1.29, 1.82) is 0 Å². The molecule has 2 N–H and O–H groups in total. The highest BCUT2D eigenvalue weighted by atomic mass is 35.5. The molecule has 5 heteroatoms. The Bertz CT molecular complexity index is 952. The maximum atomic E-state index is 12.5. The molecule has 1 unspecified atom stereocenters. The summed E-state index contributed by atoms with van der Waals surface area (Å²) in [5, 5.41) is 4.58. The minimum atomic E-state index is 0. The number of hydrogen-bond acceptors (Lipinski definition) is 3. The van der Waals surface area contributed by atoms with Crippen molar-refractivity contribution in [3.8, 4) is 0 Å². The number of aromatic amines is 1. The van der Waals surface area contributed by atoms with E-state index >= 15 is 0 Å². The lowest BCUT2D eigenvalue weighted by atomic mass is 10.00. The van der Waals surface area contributed by atoms with Crippen LogP contribution in [0.2, 0.25) is 0 Å². The predicted molar refractivity (Wildman–Crippen MR) is 114 cm³/mol. The predicted octanol–water partition coefficient (Wildman–Crippen LogP) is 3.66. The SMILES string of the molecule is CCc1ccc(C2CNCCN2Cc2cc3ccccc3[nH]c2=O)cc1.Cl. The molecule has 2 heterocycles. The van der Waals surface area contributed by atoms with Crippen LogP contribution in [0, 0.1) is 0 Å². The molecule has 0 spiro atoms. The molecule has 3 aromatic rings. The minimum Gasteiger partial charge on any atom is -0.322 e. The van der Waals surface area contributed by atoms with Crippen molar-refractivity contribution in [2.45, 2.75) is 25.9 Å². The molecule has 27 heavy (non-hydrogen) atoms. The third-order valence-electron chi connectivity index (χ3n) is 5.33. The van der Waals surface area contributed by atoms with Gasteiger partial charge in [-0.05, 0) is 35.1 Å². The molecule has 0 amide bonds. The first kappa shape index (κ1) is 19.6. The van der Waals surface area contributed by atoms with Gasteiger partial charge in [0.2, 0.25) is 0 Å². The fourth-order valence-electron chi connectivity index (χ4n) is 3.77. The van der Waals surface area contributed by atoms with Crippen LogP contribution in [0.3, 0.4) is 0 Å². The molecule has 1 aliphatic rings. The van der Waals surface area contributed by atoms with Crippen LogP contribution in [-0.2, 0) is 13.0 Å². The van der Waals surface area contributed by atoms with Crippen molar-refractivity contribution in [3.05, 3.63) is 81.6 Å². The number of para-hydroxylation sites is 1. The second-order valence-corrected chi connectivity index (χ2v) is 7.00. The monoisotopic (exact) mass is 383 g/mol. The van der Waals surface area contributed by atoms with Crippen molar-refractivity contribution in [2.24, 2.45) is 0 Å². The van der Waals surface area contributed by atoms with Gasteiger partial charge in [-0.25, -0.2) is 0 Å². The number of benzene rings is 2. The molecule has 2 aromatic carbocycles. The molecular formula is C22H26ClN3O. The summed E-state index contributed by atoms with van der Waals surface area (Å²) in [4.78, 5) is 18.0. The Kier molecular flexibility index (Phi) is 6.32.